The number of aryl methyl sites for hydroxylation is 1. The minimum Gasteiger partial charge on any atom is -0.466 e. The third kappa shape index (κ3) is 5.28. The summed E-state index contributed by atoms with van der Waals surface area (Å²) in [7, 11) is 2.27. The molecular weight excluding hydrogens is 460 g/mol. The van der Waals surface area contributed by atoms with E-state index in [1.165, 1.54) is 6.92 Å². The number of hydrogen-bond acceptors (Lipinski definition) is 10. The highest BCUT2D eigenvalue weighted by molar-refractivity contribution is 6.07. The molecule has 0 radical (unpaired) electrons. The summed E-state index contributed by atoms with van der Waals surface area (Å²) in [5, 5.41) is 2.87. The molecule has 2 N–H and O–H groups in total. The number of hydrogen-bond donors (Lipinski definition) is 2. The zero-order valence-corrected chi connectivity index (χ0v) is 21.0. The quantitative estimate of drug-likeness (QED) is 0.315. The van der Waals surface area contributed by atoms with E-state index in [4.69, 9.17) is 18.9 Å². The fourth-order valence-electron chi connectivity index (χ4n) is 4.00. The first-order valence-corrected chi connectivity index (χ1v) is 10.9. The van der Waals surface area contributed by atoms with Gasteiger partial charge >= 0.3 is 23.9 Å². The molecule has 0 aromatic carbocycles. The van der Waals surface area contributed by atoms with Crippen molar-refractivity contribution in [1.29, 1.82) is 0 Å². The number of dihydropyridines is 1. The maximum Gasteiger partial charge on any atom is 0.340 e. The Morgan fingerprint density at radius 3 is 1.86 bits per heavy atom. The number of H-pyrrole nitrogens is 1. The molecule has 1 aliphatic rings. The van der Waals surface area contributed by atoms with Crippen molar-refractivity contribution in [2.75, 3.05) is 20.8 Å². The van der Waals surface area contributed by atoms with Gasteiger partial charge in [0.1, 0.15) is 5.92 Å². The Bertz CT molecular complexity index is 1100. The molecule has 1 aliphatic heterocycles. The zero-order chi connectivity index (χ0) is 26.6. The Balaban J connectivity index is 2.42. The van der Waals surface area contributed by atoms with Gasteiger partial charge in [-0.1, -0.05) is 0 Å². The lowest BCUT2D eigenvalue weighted by Gasteiger charge is -2.29. The third-order valence-electron chi connectivity index (χ3n) is 5.63. The second-order valence-electron chi connectivity index (χ2n) is 7.91. The molecule has 35 heavy (non-hydrogen) atoms. The van der Waals surface area contributed by atoms with E-state index in [2.05, 4.69) is 10.3 Å². The highest BCUT2D eigenvalue weighted by Gasteiger charge is 2.43. The Kier molecular flexibility index (Phi) is 8.62. The molecule has 11 nitrogen and oxygen atoms in total. The molecule has 0 spiro atoms. The number of allylic oxidation sites excluding steroid dienone is 2. The fraction of sp³-hybridized carbons (Fsp3) is 0.458. The smallest absolute Gasteiger partial charge is 0.340 e. The van der Waals surface area contributed by atoms with E-state index in [9.17, 15) is 24.0 Å². The van der Waals surface area contributed by atoms with E-state index in [-0.39, 0.29) is 40.4 Å². The number of ketones is 1. The van der Waals surface area contributed by atoms with Crippen molar-refractivity contribution in [3.8, 4) is 0 Å². The van der Waals surface area contributed by atoms with Crippen LogP contribution in [-0.4, -0.2) is 61.6 Å². The van der Waals surface area contributed by atoms with E-state index < -0.39 is 41.7 Å². The summed E-state index contributed by atoms with van der Waals surface area (Å²) in [6.07, 6.45) is -1.32. The van der Waals surface area contributed by atoms with Crippen molar-refractivity contribution in [3.63, 3.8) is 0 Å². The topological polar surface area (TPSA) is 150 Å². The molecule has 2 rings (SSSR count). The number of carbonyl (C=O) groups is 5. The second kappa shape index (κ2) is 11.0. The first kappa shape index (κ1) is 27.4. The minimum atomic E-state index is -1.48. The summed E-state index contributed by atoms with van der Waals surface area (Å²) in [6, 6.07) is 0. The van der Waals surface area contributed by atoms with Gasteiger partial charge in [-0.05, 0) is 47.1 Å². The van der Waals surface area contributed by atoms with Crippen molar-refractivity contribution in [2.24, 2.45) is 5.92 Å². The molecule has 11 heteroatoms. The Morgan fingerprint density at radius 1 is 0.886 bits per heavy atom. The van der Waals surface area contributed by atoms with Crippen LogP contribution in [0.1, 0.15) is 59.8 Å². The molecule has 0 aliphatic carbocycles. The van der Waals surface area contributed by atoms with Gasteiger partial charge in [-0.25, -0.2) is 14.4 Å². The summed E-state index contributed by atoms with van der Waals surface area (Å²) < 4.78 is 20.1. The van der Waals surface area contributed by atoms with Crippen LogP contribution in [0.3, 0.4) is 0 Å². The second-order valence-corrected chi connectivity index (χ2v) is 7.91. The molecule has 1 atom stereocenters. The molecule has 0 amide bonds. The van der Waals surface area contributed by atoms with Gasteiger partial charge in [0.2, 0.25) is 5.78 Å². The van der Waals surface area contributed by atoms with Gasteiger partial charge in [-0.3, -0.25) is 9.59 Å². The monoisotopic (exact) mass is 490 g/mol. The number of Topliss-reactive ketones (excluding diaryl/α,β-unsaturated/α-hetero) is 1. The summed E-state index contributed by atoms with van der Waals surface area (Å²) in [4.78, 5) is 66.5. The molecule has 0 saturated carbocycles. The van der Waals surface area contributed by atoms with Crippen LogP contribution in [-0.2, 0) is 33.3 Å². The van der Waals surface area contributed by atoms with Gasteiger partial charge in [-0.2, -0.15) is 0 Å². The first-order valence-electron chi connectivity index (χ1n) is 10.9. The molecule has 1 aromatic rings. The minimum absolute atomic E-state index is 0.0796. The maximum absolute atomic E-state index is 13.3. The Labute approximate surface area is 202 Å². The number of aromatic amines is 1. The van der Waals surface area contributed by atoms with Crippen molar-refractivity contribution >= 4 is 29.7 Å². The fourth-order valence-corrected chi connectivity index (χ4v) is 4.00. The molecule has 0 unspecified atom stereocenters. The summed E-state index contributed by atoms with van der Waals surface area (Å²) in [5.41, 5.74) is 1.39. The molecule has 0 saturated heterocycles. The van der Waals surface area contributed by atoms with Gasteiger partial charge in [0.15, 0.2) is 6.10 Å². The Morgan fingerprint density at radius 2 is 1.40 bits per heavy atom. The van der Waals surface area contributed by atoms with Crippen LogP contribution in [0.4, 0.5) is 0 Å². The SMILES string of the molecule is CCOC(=O)c1c(C)[nH]c(C(=O)[C@H](C)OC(=O)C2C(C(=O)OC)=C(C)NC(C)=C2C(=O)OC)c1C. The Hall–Kier alpha value is -3.89. The number of rotatable bonds is 8. The number of methoxy groups -OCH3 is 2. The normalized spacial score (nSPS) is 14.7. The molecule has 190 valence electrons. The lowest BCUT2D eigenvalue weighted by molar-refractivity contribution is -0.153. The number of carbonyl (C=O) groups excluding carboxylic acids is 5. The number of nitrogens with one attached hydrogen (secondary N) is 2. The first-order chi connectivity index (χ1) is 16.4. The number of aromatic nitrogens is 1. The lowest BCUT2D eigenvalue weighted by Crippen LogP contribution is -2.39. The van der Waals surface area contributed by atoms with E-state index in [1.54, 1.807) is 34.6 Å². The predicted molar refractivity (Wildman–Crippen MR) is 122 cm³/mol. The van der Waals surface area contributed by atoms with Crippen LogP contribution in [0.5, 0.6) is 0 Å². The number of esters is 4. The summed E-state index contributed by atoms with van der Waals surface area (Å²) in [5.74, 6) is -5.38. The van der Waals surface area contributed by atoms with E-state index in [0.717, 1.165) is 14.2 Å². The highest BCUT2D eigenvalue weighted by Crippen LogP contribution is 2.33. The van der Waals surface area contributed by atoms with Crippen molar-refractivity contribution in [3.05, 3.63) is 45.1 Å². The molecule has 0 bridgehead atoms. The van der Waals surface area contributed by atoms with Gasteiger partial charge in [0.05, 0.1) is 43.2 Å². The van der Waals surface area contributed by atoms with Crippen LogP contribution < -0.4 is 5.32 Å². The van der Waals surface area contributed by atoms with Gasteiger partial charge < -0.3 is 29.2 Å². The van der Waals surface area contributed by atoms with E-state index >= 15 is 0 Å². The van der Waals surface area contributed by atoms with Gasteiger partial charge in [0, 0.05) is 17.1 Å². The number of ether oxygens (including phenoxy) is 4. The van der Waals surface area contributed by atoms with E-state index in [0.29, 0.717) is 11.3 Å². The maximum atomic E-state index is 13.3. The van der Waals surface area contributed by atoms with Crippen molar-refractivity contribution in [1.82, 2.24) is 10.3 Å². The molecular formula is C24H30N2O9. The van der Waals surface area contributed by atoms with Gasteiger partial charge in [-0.15, -0.1) is 0 Å². The standard InChI is InChI=1S/C24H30N2O9/c1-9-34-23(30)15-10(2)19(26-11(15)3)20(27)14(6)35-24(31)18-16(21(28)32-7)12(4)25-13(5)17(18)22(29)33-8/h14,18,25-26H,9H2,1-8H3/t14-/m0/s1. The average molecular weight is 491 g/mol. The zero-order valence-electron chi connectivity index (χ0n) is 21.0. The average Bonchev–Trinajstić information content (AvgIpc) is 3.10. The molecule has 2 heterocycles. The van der Waals surface area contributed by atoms with Crippen molar-refractivity contribution < 1.29 is 42.9 Å². The van der Waals surface area contributed by atoms with Crippen LogP contribution in [0, 0.1) is 19.8 Å². The third-order valence-corrected chi connectivity index (χ3v) is 5.63. The molecule has 0 fully saturated rings. The lowest BCUT2D eigenvalue weighted by atomic mass is 9.85. The van der Waals surface area contributed by atoms with Crippen LogP contribution in [0.2, 0.25) is 0 Å². The largest absolute Gasteiger partial charge is 0.466 e. The summed E-state index contributed by atoms with van der Waals surface area (Å²) >= 11 is 0. The molecule has 1 aromatic heterocycles. The van der Waals surface area contributed by atoms with Gasteiger partial charge in [0.25, 0.3) is 0 Å². The predicted octanol–water partition coefficient (Wildman–Crippen LogP) is 2.04. The highest BCUT2D eigenvalue weighted by atomic mass is 16.6. The van der Waals surface area contributed by atoms with Crippen LogP contribution in [0.25, 0.3) is 0 Å². The van der Waals surface area contributed by atoms with Crippen LogP contribution in [0.15, 0.2) is 22.5 Å². The summed E-state index contributed by atoms with van der Waals surface area (Å²) in [6.45, 7) is 9.47. The van der Waals surface area contributed by atoms with Crippen LogP contribution >= 0.6 is 0 Å². The van der Waals surface area contributed by atoms with E-state index in [1.807, 2.05) is 0 Å². The van der Waals surface area contributed by atoms with Crippen molar-refractivity contribution in [2.45, 2.75) is 47.6 Å².